The van der Waals surface area contributed by atoms with E-state index < -0.39 is 0 Å². The maximum Gasteiger partial charge on any atom is 0.152 e. The fourth-order valence-electron chi connectivity index (χ4n) is 2.79. The number of rotatable bonds is 4. The van der Waals surface area contributed by atoms with E-state index in [0.717, 1.165) is 12.4 Å². The Morgan fingerprint density at radius 2 is 1.86 bits per heavy atom. The zero-order valence-corrected chi connectivity index (χ0v) is 12.0. The number of hydrogen-bond acceptors (Lipinski definition) is 3. The second-order valence-corrected chi connectivity index (χ2v) is 5.30. The second kappa shape index (κ2) is 5.44. The van der Waals surface area contributed by atoms with Crippen LogP contribution in [0.25, 0.3) is 10.9 Å². The van der Waals surface area contributed by atoms with Crippen LogP contribution in [-0.4, -0.2) is 25.2 Å². The molecule has 108 valence electrons. The lowest BCUT2D eigenvalue weighted by atomic mass is 10.1. The predicted octanol–water partition coefficient (Wildman–Crippen LogP) is 2.79. The van der Waals surface area contributed by atoms with Crippen molar-refractivity contribution in [2.75, 3.05) is 0 Å². The van der Waals surface area contributed by atoms with Crippen LogP contribution in [0.4, 0.5) is 0 Å². The quantitative estimate of drug-likeness (QED) is 0.628. The Morgan fingerprint density at radius 3 is 2.68 bits per heavy atom. The van der Waals surface area contributed by atoms with Crippen LogP contribution in [0.1, 0.15) is 17.0 Å². The highest BCUT2D eigenvalue weighted by Gasteiger charge is 2.08. The van der Waals surface area contributed by atoms with Crippen molar-refractivity contribution in [2.45, 2.75) is 13.0 Å². The molecule has 4 rings (SSSR count). The average molecular weight is 289 g/mol. The number of aromatic nitrogens is 5. The maximum absolute atomic E-state index is 3.97. The molecule has 0 amide bonds. The Morgan fingerprint density at radius 1 is 0.955 bits per heavy atom. The predicted molar refractivity (Wildman–Crippen MR) is 84.5 cm³/mol. The molecule has 2 aromatic carbocycles. The lowest BCUT2D eigenvalue weighted by Crippen LogP contribution is -1.98. The third-order valence-corrected chi connectivity index (χ3v) is 3.85. The molecule has 0 unspecified atom stereocenters. The summed E-state index contributed by atoms with van der Waals surface area (Å²) < 4.78 is 2.27. The van der Waals surface area contributed by atoms with Crippen LogP contribution < -0.4 is 0 Å². The zero-order valence-electron chi connectivity index (χ0n) is 12.0. The van der Waals surface area contributed by atoms with Gasteiger partial charge in [0.15, 0.2) is 5.82 Å². The largest absolute Gasteiger partial charge is 0.343 e. The van der Waals surface area contributed by atoms with E-state index in [1.165, 1.54) is 22.0 Å². The Bertz CT molecular complexity index is 878. The van der Waals surface area contributed by atoms with E-state index in [1.807, 2.05) is 6.07 Å². The highest BCUT2D eigenvalue weighted by Crippen LogP contribution is 2.22. The van der Waals surface area contributed by atoms with Gasteiger partial charge in [-0.2, -0.15) is 0 Å². The fraction of sp³-hybridized carbons (Fsp3) is 0.118. The van der Waals surface area contributed by atoms with Gasteiger partial charge in [0.25, 0.3) is 0 Å². The number of aromatic amines is 1. The third kappa shape index (κ3) is 2.37. The molecule has 2 aromatic heterocycles. The van der Waals surface area contributed by atoms with Crippen molar-refractivity contribution in [1.82, 2.24) is 25.2 Å². The summed E-state index contributed by atoms with van der Waals surface area (Å²) >= 11 is 0. The molecular weight excluding hydrogens is 274 g/mol. The third-order valence-electron chi connectivity index (χ3n) is 3.85. The van der Waals surface area contributed by atoms with E-state index in [2.05, 4.69) is 79.9 Å². The minimum absolute atomic E-state index is 0.708. The van der Waals surface area contributed by atoms with Crippen LogP contribution in [0.15, 0.2) is 60.8 Å². The van der Waals surface area contributed by atoms with Crippen molar-refractivity contribution in [2.24, 2.45) is 0 Å². The summed E-state index contributed by atoms with van der Waals surface area (Å²) in [4.78, 5) is 0. The van der Waals surface area contributed by atoms with E-state index in [1.54, 1.807) is 0 Å². The standard InChI is InChI=1S/C17H15N5/c1-2-5-13(6-3-1)12-22-10-9-15-14(7-4-8-16(15)22)11-17-18-20-21-19-17/h1-10H,11-12H2,(H,18,19,20,21). The molecule has 5 heteroatoms. The van der Waals surface area contributed by atoms with Gasteiger partial charge in [0, 0.05) is 30.1 Å². The monoisotopic (exact) mass is 289 g/mol. The first-order chi connectivity index (χ1) is 10.9. The Labute approximate surface area is 127 Å². The van der Waals surface area contributed by atoms with Crippen LogP contribution in [0.2, 0.25) is 0 Å². The highest BCUT2D eigenvalue weighted by atomic mass is 15.5. The van der Waals surface area contributed by atoms with Crippen molar-refractivity contribution in [3.63, 3.8) is 0 Å². The van der Waals surface area contributed by atoms with E-state index >= 15 is 0 Å². The van der Waals surface area contributed by atoms with Crippen LogP contribution in [0, 0.1) is 0 Å². The molecule has 0 radical (unpaired) electrons. The van der Waals surface area contributed by atoms with Gasteiger partial charge < -0.3 is 4.57 Å². The van der Waals surface area contributed by atoms with E-state index in [4.69, 9.17) is 0 Å². The summed E-state index contributed by atoms with van der Waals surface area (Å²) in [5.41, 5.74) is 3.75. The highest BCUT2D eigenvalue weighted by molar-refractivity contribution is 5.84. The van der Waals surface area contributed by atoms with Crippen molar-refractivity contribution in [3.05, 3.63) is 77.7 Å². The van der Waals surface area contributed by atoms with Gasteiger partial charge in [0.05, 0.1) is 0 Å². The molecule has 0 saturated carbocycles. The van der Waals surface area contributed by atoms with Gasteiger partial charge in [-0.15, -0.1) is 5.10 Å². The molecule has 0 aliphatic heterocycles. The lowest BCUT2D eigenvalue weighted by Gasteiger charge is -2.07. The van der Waals surface area contributed by atoms with Crippen LogP contribution >= 0.6 is 0 Å². The van der Waals surface area contributed by atoms with Crippen molar-refractivity contribution in [1.29, 1.82) is 0 Å². The normalized spacial score (nSPS) is 11.1. The molecule has 1 N–H and O–H groups in total. The van der Waals surface area contributed by atoms with Gasteiger partial charge in [-0.3, -0.25) is 0 Å². The van der Waals surface area contributed by atoms with Gasteiger partial charge >= 0.3 is 0 Å². The van der Waals surface area contributed by atoms with Crippen LogP contribution in [0.5, 0.6) is 0 Å². The summed E-state index contributed by atoms with van der Waals surface area (Å²) in [7, 11) is 0. The van der Waals surface area contributed by atoms with Crippen molar-refractivity contribution >= 4 is 10.9 Å². The summed E-state index contributed by atoms with van der Waals surface area (Å²) in [5.74, 6) is 0.781. The number of H-pyrrole nitrogens is 1. The summed E-state index contributed by atoms with van der Waals surface area (Å²) in [5, 5.41) is 15.3. The Hall–Kier alpha value is -2.95. The molecule has 5 nitrogen and oxygen atoms in total. The van der Waals surface area contributed by atoms with Gasteiger partial charge in [0.1, 0.15) is 0 Å². The summed E-state index contributed by atoms with van der Waals surface area (Å²) in [6, 6.07) is 19.0. The molecule has 0 atom stereocenters. The van der Waals surface area contributed by atoms with E-state index in [0.29, 0.717) is 6.42 Å². The lowest BCUT2D eigenvalue weighted by molar-refractivity contribution is 0.837. The number of hydrogen-bond donors (Lipinski definition) is 1. The topological polar surface area (TPSA) is 59.4 Å². The first kappa shape index (κ1) is 12.8. The second-order valence-electron chi connectivity index (χ2n) is 5.30. The van der Waals surface area contributed by atoms with Gasteiger partial charge in [-0.1, -0.05) is 42.5 Å². The maximum atomic E-state index is 3.97. The number of tetrazole rings is 1. The number of nitrogens with one attached hydrogen (secondary N) is 1. The first-order valence-corrected chi connectivity index (χ1v) is 7.23. The molecule has 22 heavy (non-hydrogen) atoms. The fourth-order valence-corrected chi connectivity index (χ4v) is 2.79. The smallest absolute Gasteiger partial charge is 0.152 e. The minimum Gasteiger partial charge on any atom is -0.343 e. The average Bonchev–Trinajstić information content (AvgIpc) is 3.19. The zero-order chi connectivity index (χ0) is 14.8. The Balaban J connectivity index is 1.70. The van der Waals surface area contributed by atoms with Crippen LogP contribution in [-0.2, 0) is 13.0 Å². The number of benzene rings is 2. The molecule has 0 fully saturated rings. The van der Waals surface area contributed by atoms with Crippen LogP contribution in [0.3, 0.4) is 0 Å². The Kier molecular flexibility index (Phi) is 3.16. The number of fused-ring (bicyclic) bond motifs is 1. The molecule has 2 heterocycles. The summed E-state index contributed by atoms with van der Waals surface area (Å²) in [6.45, 7) is 0.873. The van der Waals surface area contributed by atoms with Crippen molar-refractivity contribution in [3.8, 4) is 0 Å². The van der Waals surface area contributed by atoms with E-state index in [-0.39, 0.29) is 0 Å². The van der Waals surface area contributed by atoms with E-state index in [9.17, 15) is 0 Å². The molecule has 0 bridgehead atoms. The SMILES string of the molecule is c1ccc(Cn2ccc3c(Cc4nnn[nH]4)cccc32)cc1. The minimum atomic E-state index is 0.708. The molecule has 0 spiro atoms. The molecule has 0 saturated heterocycles. The summed E-state index contributed by atoms with van der Waals surface area (Å²) in [6.07, 6.45) is 2.85. The van der Waals surface area contributed by atoms with Gasteiger partial charge in [0.2, 0.25) is 0 Å². The van der Waals surface area contributed by atoms with Gasteiger partial charge in [-0.05, 0) is 33.7 Å². The first-order valence-electron chi connectivity index (χ1n) is 7.23. The van der Waals surface area contributed by atoms with Gasteiger partial charge in [-0.25, -0.2) is 5.10 Å². The number of nitrogens with zero attached hydrogens (tertiary/aromatic N) is 4. The molecule has 4 aromatic rings. The molecular formula is C17H15N5. The molecule has 0 aliphatic carbocycles. The molecule has 0 aliphatic rings. The van der Waals surface area contributed by atoms with Crippen molar-refractivity contribution < 1.29 is 0 Å².